The van der Waals surface area contributed by atoms with Gasteiger partial charge in [0.25, 0.3) is 0 Å². The van der Waals surface area contributed by atoms with Gasteiger partial charge >= 0.3 is 0 Å². The first-order valence-corrected chi connectivity index (χ1v) is 15.3. The van der Waals surface area contributed by atoms with E-state index in [0.29, 0.717) is 68.1 Å². The Morgan fingerprint density at radius 2 is 1.23 bits per heavy atom. The normalized spacial score (nSPS) is 18.8. The molecule has 2 atom stereocenters. The van der Waals surface area contributed by atoms with E-state index < -0.39 is 34.9 Å². The molecular formula is C37H36F6O. The lowest BCUT2D eigenvalue weighted by Gasteiger charge is -2.26. The van der Waals surface area contributed by atoms with Gasteiger partial charge in [0.2, 0.25) is 5.82 Å². The highest BCUT2D eigenvalue weighted by Crippen LogP contribution is 2.42. The van der Waals surface area contributed by atoms with Gasteiger partial charge in [-0.15, -0.1) is 0 Å². The van der Waals surface area contributed by atoms with Gasteiger partial charge in [-0.25, -0.2) is 22.0 Å². The Hall–Kier alpha value is -3.74. The van der Waals surface area contributed by atoms with Crippen molar-refractivity contribution in [1.82, 2.24) is 0 Å². The van der Waals surface area contributed by atoms with E-state index in [0.717, 1.165) is 0 Å². The van der Waals surface area contributed by atoms with Crippen molar-refractivity contribution in [1.29, 1.82) is 0 Å². The quantitative estimate of drug-likeness (QED) is 0.173. The summed E-state index contributed by atoms with van der Waals surface area (Å²) >= 11 is 0. The van der Waals surface area contributed by atoms with Gasteiger partial charge in [-0.3, -0.25) is 0 Å². The zero-order valence-corrected chi connectivity index (χ0v) is 25.0. The Bertz CT molecular complexity index is 1620. The Labute approximate surface area is 255 Å². The average Bonchev–Trinajstić information content (AvgIpc) is 3.03. The van der Waals surface area contributed by atoms with Crippen LogP contribution in [0.2, 0.25) is 0 Å². The maximum atomic E-state index is 15.4. The molecule has 2 unspecified atom stereocenters. The molecule has 0 fully saturated rings. The molecule has 0 aromatic heterocycles. The number of benzene rings is 3. The molecule has 0 bridgehead atoms. The SMILES string of the molecule is CC=CCCc1ccc(C2=CCC(c3ccc(C4=CCC(c5ccc(OCC)c(F)c5F)CC4)c(F)c3F)CC2)c(F)c1F. The summed E-state index contributed by atoms with van der Waals surface area (Å²) in [4.78, 5) is 0. The van der Waals surface area contributed by atoms with Crippen LogP contribution in [-0.2, 0) is 6.42 Å². The second-order valence-electron chi connectivity index (χ2n) is 11.5. The summed E-state index contributed by atoms with van der Waals surface area (Å²) in [5.41, 5.74) is 2.52. The van der Waals surface area contributed by atoms with Gasteiger partial charge in [-0.05, 0) is 111 Å². The maximum Gasteiger partial charge on any atom is 0.200 e. The highest BCUT2D eigenvalue weighted by molar-refractivity contribution is 5.69. The molecule has 0 saturated carbocycles. The molecular weight excluding hydrogens is 574 g/mol. The molecule has 7 heteroatoms. The number of aryl methyl sites for hydroxylation is 1. The monoisotopic (exact) mass is 610 g/mol. The zero-order valence-electron chi connectivity index (χ0n) is 25.0. The van der Waals surface area contributed by atoms with Crippen molar-refractivity contribution in [2.24, 2.45) is 0 Å². The van der Waals surface area contributed by atoms with E-state index in [2.05, 4.69) is 0 Å². The highest BCUT2D eigenvalue weighted by Gasteiger charge is 2.28. The predicted molar refractivity (Wildman–Crippen MR) is 163 cm³/mol. The fourth-order valence-corrected chi connectivity index (χ4v) is 6.42. The van der Waals surface area contributed by atoms with Crippen LogP contribution in [0, 0.1) is 34.9 Å². The third kappa shape index (κ3) is 6.38. The first-order chi connectivity index (χ1) is 21.2. The van der Waals surface area contributed by atoms with Crippen LogP contribution in [0.1, 0.15) is 98.4 Å². The first kappa shape index (κ1) is 31.7. The van der Waals surface area contributed by atoms with Crippen molar-refractivity contribution in [2.45, 2.75) is 77.0 Å². The molecule has 232 valence electrons. The summed E-state index contributed by atoms with van der Waals surface area (Å²) < 4.78 is 94.7. The van der Waals surface area contributed by atoms with Gasteiger partial charge in [-0.2, -0.15) is 4.39 Å². The van der Waals surface area contributed by atoms with Gasteiger partial charge in [-0.1, -0.05) is 54.6 Å². The average molecular weight is 611 g/mol. The number of hydrogen-bond donors (Lipinski definition) is 0. The van der Waals surface area contributed by atoms with Crippen molar-refractivity contribution in [2.75, 3.05) is 6.61 Å². The number of ether oxygens (including phenoxy) is 1. The summed E-state index contributed by atoms with van der Waals surface area (Å²) in [7, 11) is 0. The standard InChI is InChI=1S/C37H36F6O/c1-3-5-6-7-26-16-17-27(33(39)32(26)38)22-8-10-23(11-9-22)28-18-19-29(35(41)34(28)40)24-12-14-25(15-13-24)30-20-21-31(44-4-2)37(43)36(30)42/h3,5,8,12,16-21,23,25H,4,6-7,9-11,13-15H2,1-2H3. The van der Waals surface area contributed by atoms with Crippen LogP contribution in [0.15, 0.2) is 60.7 Å². The van der Waals surface area contributed by atoms with Crippen LogP contribution in [0.25, 0.3) is 11.1 Å². The number of rotatable bonds is 9. The summed E-state index contributed by atoms with van der Waals surface area (Å²) in [6, 6.07) is 9.36. The molecule has 0 heterocycles. The topological polar surface area (TPSA) is 9.23 Å². The summed E-state index contributed by atoms with van der Waals surface area (Å²) in [5, 5.41) is 0. The lowest BCUT2D eigenvalue weighted by Crippen LogP contribution is -2.11. The van der Waals surface area contributed by atoms with Crippen molar-refractivity contribution in [3.63, 3.8) is 0 Å². The molecule has 0 aliphatic heterocycles. The van der Waals surface area contributed by atoms with E-state index in [4.69, 9.17) is 4.74 Å². The van der Waals surface area contributed by atoms with E-state index in [1.54, 1.807) is 43.3 Å². The van der Waals surface area contributed by atoms with E-state index in [9.17, 15) is 17.6 Å². The van der Waals surface area contributed by atoms with E-state index in [1.807, 2.05) is 19.1 Å². The highest BCUT2D eigenvalue weighted by atomic mass is 19.2. The third-order valence-electron chi connectivity index (χ3n) is 8.86. The molecule has 5 rings (SSSR count). The number of hydrogen-bond acceptors (Lipinski definition) is 1. The molecule has 3 aromatic carbocycles. The lowest BCUT2D eigenvalue weighted by atomic mass is 9.80. The summed E-state index contributed by atoms with van der Waals surface area (Å²) in [5.74, 6) is -6.20. The number of allylic oxidation sites excluding steroid dienone is 6. The largest absolute Gasteiger partial charge is 0.491 e. The zero-order chi connectivity index (χ0) is 31.4. The molecule has 0 N–H and O–H groups in total. The second-order valence-corrected chi connectivity index (χ2v) is 11.5. The van der Waals surface area contributed by atoms with Gasteiger partial charge in [0.05, 0.1) is 6.61 Å². The van der Waals surface area contributed by atoms with Crippen LogP contribution in [0.4, 0.5) is 26.3 Å². The van der Waals surface area contributed by atoms with Crippen molar-refractivity contribution in [3.05, 3.63) is 123 Å². The Balaban J connectivity index is 1.28. The molecule has 0 amide bonds. The fourth-order valence-electron chi connectivity index (χ4n) is 6.42. The second kappa shape index (κ2) is 13.9. The van der Waals surface area contributed by atoms with E-state index in [1.165, 1.54) is 12.1 Å². The van der Waals surface area contributed by atoms with Gasteiger partial charge < -0.3 is 4.74 Å². The van der Waals surface area contributed by atoms with Crippen molar-refractivity contribution >= 4 is 11.1 Å². The minimum Gasteiger partial charge on any atom is -0.491 e. The Morgan fingerprint density at radius 1 is 0.682 bits per heavy atom. The Kier molecular flexibility index (Phi) is 10.0. The summed E-state index contributed by atoms with van der Waals surface area (Å²) in [6.07, 6.45) is 10.9. The molecule has 0 spiro atoms. The minimum atomic E-state index is -1.02. The fraction of sp³-hybridized carbons (Fsp3) is 0.351. The first-order valence-electron chi connectivity index (χ1n) is 15.3. The molecule has 1 nitrogen and oxygen atoms in total. The van der Waals surface area contributed by atoms with Crippen molar-refractivity contribution < 1.29 is 31.1 Å². The lowest BCUT2D eigenvalue weighted by molar-refractivity contribution is 0.312. The van der Waals surface area contributed by atoms with Gasteiger partial charge in [0.1, 0.15) is 0 Å². The predicted octanol–water partition coefficient (Wildman–Crippen LogP) is 11.1. The molecule has 3 aromatic rings. The molecule has 0 radical (unpaired) electrons. The van der Waals surface area contributed by atoms with Crippen LogP contribution in [-0.4, -0.2) is 6.61 Å². The van der Waals surface area contributed by atoms with Crippen LogP contribution in [0.3, 0.4) is 0 Å². The number of halogens is 6. The Morgan fingerprint density at radius 3 is 1.77 bits per heavy atom. The van der Waals surface area contributed by atoms with E-state index >= 15 is 8.78 Å². The van der Waals surface area contributed by atoms with Crippen LogP contribution >= 0.6 is 0 Å². The van der Waals surface area contributed by atoms with Crippen molar-refractivity contribution in [3.8, 4) is 5.75 Å². The molecule has 0 saturated heterocycles. The molecule has 44 heavy (non-hydrogen) atoms. The van der Waals surface area contributed by atoms with Gasteiger partial charge in [0, 0.05) is 11.1 Å². The van der Waals surface area contributed by atoms with E-state index in [-0.39, 0.29) is 46.4 Å². The minimum absolute atomic E-state index is 0.131. The smallest absolute Gasteiger partial charge is 0.200 e. The maximum absolute atomic E-state index is 15.4. The summed E-state index contributed by atoms with van der Waals surface area (Å²) in [6.45, 7) is 3.79. The molecule has 2 aliphatic carbocycles. The van der Waals surface area contributed by atoms with Crippen LogP contribution in [0.5, 0.6) is 5.75 Å². The van der Waals surface area contributed by atoms with Gasteiger partial charge in [0.15, 0.2) is 34.8 Å². The van der Waals surface area contributed by atoms with Crippen LogP contribution < -0.4 is 4.74 Å². The molecule has 2 aliphatic rings. The third-order valence-corrected chi connectivity index (χ3v) is 8.86.